The van der Waals surface area contributed by atoms with Gasteiger partial charge in [0.1, 0.15) is 12.4 Å². The van der Waals surface area contributed by atoms with Crippen LogP contribution in [0.4, 0.5) is 0 Å². The molecule has 3 nitrogen and oxygen atoms in total. The molecule has 1 aromatic heterocycles. The van der Waals surface area contributed by atoms with E-state index in [9.17, 15) is 0 Å². The molecule has 18 heavy (non-hydrogen) atoms. The number of rotatable bonds is 4. The van der Waals surface area contributed by atoms with Gasteiger partial charge in [-0.25, -0.2) is 0 Å². The predicted octanol–water partition coefficient (Wildman–Crippen LogP) is 3.33. The van der Waals surface area contributed by atoms with Gasteiger partial charge in [0.15, 0.2) is 0 Å². The summed E-state index contributed by atoms with van der Waals surface area (Å²) >= 11 is 6.01. The van der Waals surface area contributed by atoms with E-state index in [1.165, 1.54) is 0 Å². The lowest BCUT2D eigenvalue weighted by Gasteiger charge is -2.10. The molecule has 1 heterocycles. The third kappa shape index (κ3) is 3.22. The Labute approximate surface area is 112 Å². The number of hydrogen-bond acceptors (Lipinski definition) is 3. The summed E-state index contributed by atoms with van der Waals surface area (Å²) in [6.45, 7) is 2.36. The Hall–Kier alpha value is -1.58. The lowest BCUT2D eigenvalue weighted by Crippen LogP contribution is -2.05. The summed E-state index contributed by atoms with van der Waals surface area (Å²) in [6, 6.07) is 9.61. The molecular formula is C14H15ClN2O. The SMILES string of the molecule is C[C@H](N)c1cccc(OCc2ccncc2Cl)c1. The van der Waals surface area contributed by atoms with Crippen molar-refractivity contribution in [2.75, 3.05) is 0 Å². The van der Waals surface area contributed by atoms with Crippen molar-refractivity contribution in [1.82, 2.24) is 4.98 Å². The molecule has 4 heteroatoms. The highest BCUT2D eigenvalue weighted by atomic mass is 35.5. The molecule has 0 amide bonds. The van der Waals surface area contributed by atoms with E-state index in [-0.39, 0.29) is 6.04 Å². The van der Waals surface area contributed by atoms with E-state index in [1.807, 2.05) is 37.3 Å². The number of nitrogens with two attached hydrogens (primary N) is 1. The molecule has 0 bridgehead atoms. The van der Waals surface area contributed by atoms with E-state index in [0.717, 1.165) is 16.9 Å². The minimum absolute atomic E-state index is 0.00179. The third-order valence-corrected chi connectivity index (χ3v) is 2.97. The summed E-state index contributed by atoms with van der Waals surface area (Å²) < 4.78 is 5.70. The van der Waals surface area contributed by atoms with Crippen molar-refractivity contribution in [1.29, 1.82) is 0 Å². The molecule has 2 aromatic rings. The van der Waals surface area contributed by atoms with Crippen LogP contribution in [0.15, 0.2) is 42.7 Å². The molecule has 94 valence electrons. The fourth-order valence-electron chi connectivity index (χ4n) is 1.57. The standard InChI is InChI=1S/C14H15ClN2O/c1-10(16)11-3-2-4-13(7-11)18-9-12-5-6-17-8-14(12)15/h2-8,10H,9,16H2,1H3/t10-/m0/s1. The average molecular weight is 263 g/mol. The number of pyridine rings is 1. The fourth-order valence-corrected chi connectivity index (χ4v) is 1.74. The van der Waals surface area contributed by atoms with E-state index >= 15 is 0 Å². The molecule has 1 aromatic carbocycles. The second kappa shape index (κ2) is 5.85. The first kappa shape index (κ1) is 12.9. The second-order valence-corrected chi connectivity index (χ2v) is 4.52. The van der Waals surface area contributed by atoms with Gasteiger partial charge in [-0.3, -0.25) is 4.98 Å². The molecule has 0 radical (unpaired) electrons. The van der Waals surface area contributed by atoms with Crippen LogP contribution in [-0.2, 0) is 6.61 Å². The normalized spacial score (nSPS) is 12.2. The molecule has 1 atom stereocenters. The molecule has 0 aliphatic carbocycles. The number of ether oxygens (including phenoxy) is 1. The average Bonchev–Trinajstić information content (AvgIpc) is 2.38. The molecule has 0 aliphatic heterocycles. The summed E-state index contributed by atoms with van der Waals surface area (Å²) in [6.07, 6.45) is 3.31. The van der Waals surface area contributed by atoms with E-state index < -0.39 is 0 Å². The first-order valence-electron chi connectivity index (χ1n) is 5.73. The van der Waals surface area contributed by atoms with Gasteiger partial charge in [-0.05, 0) is 30.7 Å². The number of hydrogen-bond donors (Lipinski definition) is 1. The lowest BCUT2D eigenvalue weighted by atomic mass is 10.1. The zero-order valence-electron chi connectivity index (χ0n) is 10.1. The Kier molecular flexibility index (Phi) is 4.18. The molecule has 0 spiro atoms. The zero-order valence-corrected chi connectivity index (χ0v) is 10.9. The van der Waals surface area contributed by atoms with Gasteiger partial charge < -0.3 is 10.5 Å². The summed E-state index contributed by atoms with van der Waals surface area (Å²) in [5, 5.41) is 0.612. The first-order valence-corrected chi connectivity index (χ1v) is 6.11. The van der Waals surface area contributed by atoms with Gasteiger partial charge in [0.2, 0.25) is 0 Å². The van der Waals surface area contributed by atoms with Crippen molar-refractivity contribution in [3.63, 3.8) is 0 Å². The van der Waals surface area contributed by atoms with Crippen LogP contribution in [0.3, 0.4) is 0 Å². The van der Waals surface area contributed by atoms with Crippen molar-refractivity contribution in [2.45, 2.75) is 19.6 Å². The number of benzene rings is 1. The van der Waals surface area contributed by atoms with Gasteiger partial charge in [0.05, 0.1) is 5.02 Å². The first-order chi connectivity index (χ1) is 8.66. The van der Waals surface area contributed by atoms with Gasteiger partial charge in [-0.2, -0.15) is 0 Å². The topological polar surface area (TPSA) is 48.1 Å². The van der Waals surface area contributed by atoms with Crippen molar-refractivity contribution >= 4 is 11.6 Å². The van der Waals surface area contributed by atoms with Crippen molar-refractivity contribution in [3.05, 3.63) is 58.9 Å². The number of aromatic nitrogens is 1. The van der Waals surface area contributed by atoms with E-state index in [1.54, 1.807) is 12.4 Å². The minimum atomic E-state index is -0.00179. The molecular weight excluding hydrogens is 248 g/mol. The number of nitrogens with zero attached hydrogens (tertiary/aromatic N) is 1. The van der Waals surface area contributed by atoms with Crippen LogP contribution in [-0.4, -0.2) is 4.98 Å². The Bertz CT molecular complexity index is 529. The van der Waals surface area contributed by atoms with Gasteiger partial charge in [-0.15, -0.1) is 0 Å². The molecule has 0 fully saturated rings. The second-order valence-electron chi connectivity index (χ2n) is 4.12. The molecule has 2 rings (SSSR count). The Morgan fingerprint density at radius 1 is 1.39 bits per heavy atom. The maximum atomic E-state index is 6.01. The fraction of sp³-hybridized carbons (Fsp3) is 0.214. The van der Waals surface area contributed by atoms with Crippen molar-refractivity contribution < 1.29 is 4.74 Å². The van der Waals surface area contributed by atoms with Gasteiger partial charge >= 0.3 is 0 Å². The summed E-state index contributed by atoms with van der Waals surface area (Å²) in [5.41, 5.74) is 7.79. The highest BCUT2D eigenvalue weighted by Gasteiger charge is 2.03. The third-order valence-electron chi connectivity index (χ3n) is 2.63. The van der Waals surface area contributed by atoms with Crippen LogP contribution >= 0.6 is 11.6 Å². The molecule has 2 N–H and O–H groups in total. The lowest BCUT2D eigenvalue weighted by molar-refractivity contribution is 0.305. The summed E-state index contributed by atoms with van der Waals surface area (Å²) in [4.78, 5) is 3.93. The molecule has 0 saturated carbocycles. The van der Waals surface area contributed by atoms with Gasteiger partial charge in [-0.1, -0.05) is 23.7 Å². The van der Waals surface area contributed by atoms with Crippen molar-refractivity contribution in [3.8, 4) is 5.75 Å². The van der Waals surface area contributed by atoms with Crippen LogP contribution in [0, 0.1) is 0 Å². The van der Waals surface area contributed by atoms with Crippen LogP contribution in [0.2, 0.25) is 5.02 Å². The highest BCUT2D eigenvalue weighted by molar-refractivity contribution is 6.31. The Balaban J connectivity index is 2.07. The van der Waals surface area contributed by atoms with E-state index in [4.69, 9.17) is 22.1 Å². The minimum Gasteiger partial charge on any atom is -0.489 e. The molecule has 0 aliphatic rings. The largest absolute Gasteiger partial charge is 0.489 e. The molecule has 0 unspecified atom stereocenters. The smallest absolute Gasteiger partial charge is 0.120 e. The quantitative estimate of drug-likeness (QED) is 0.919. The highest BCUT2D eigenvalue weighted by Crippen LogP contribution is 2.20. The van der Waals surface area contributed by atoms with Crippen LogP contribution in [0.25, 0.3) is 0 Å². The zero-order chi connectivity index (χ0) is 13.0. The maximum absolute atomic E-state index is 6.01. The maximum Gasteiger partial charge on any atom is 0.120 e. The Morgan fingerprint density at radius 3 is 2.94 bits per heavy atom. The van der Waals surface area contributed by atoms with Crippen LogP contribution in [0.5, 0.6) is 5.75 Å². The van der Waals surface area contributed by atoms with Crippen LogP contribution < -0.4 is 10.5 Å². The van der Waals surface area contributed by atoms with E-state index in [2.05, 4.69) is 4.98 Å². The summed E-state index contributed by atoms with van der Waals surface area (Å²) in [5.74, 6) is 0.790. The van der Waals surface area contributed by atoms with Gasteiger partial charge in [0.25, 0.3) is 0 Å². The predicted molar refractivity (Wildman–Crippen MR) is 72.6 cm³/mol. The van der Waals surface area contributed by atoms with E-state index in [0.29, 0.717) is 11.6 Å². The Morgan fingerprint density at radius 2 is 2.22 bits per heavy atom. The van der Waals surface area contributed by atoms with Crippen molar-refractivity contribution in [2.24, 2.45) is 5.73 Å². The van der Waals surface area contributed by atoms with Gasteiger partial charge in [0, 0.05) is 24.0 Å². The monoisotopic (exact) mass is 262 g/mol. The molecule has 0 saturated heterocycles. The number of halogens is 1. The van der Waals surface area contributed by atoms with Crippen LogP contribution in [0.1, 0.15) is 24.1 Å². The summed E-state index contributed by atoms with van der Waals surface area (Å²) in [7, 11) is 0.